The van der Waals surface area contributed by atoms with Gasteiger partial charge >= 0.3 is 0 Å². The fraction of sp³-hybridized carbons (Fsp3) is 0.160. The second-order valence-corrected chi connectivity index (χ2v) is 7.41. The molecule has 160 valence electrons. The Balaban J connectivity index is 1.49. The molecule has 0 atom stereocenters. The molecule has 5 aromatic rings. The van der Waals surface area contributed by atoms with Gasteiger partial charge in [0.1, 0.15) is 22.7 Å². The van der Waals surface area contributed by atoms with Crippen LogP contribution in [0.3, 0.4) is 0 Å². The zero-order chi connectivity index (χ0) is 22.1. The Bertz CT molecular complexity index is 1450. The molecular formula is C25H22N4O3. The van der Waals surface area contributed by atoms with Crippen LogP contribution < -0.4 is 10.3 Å². The minimum Gasteiger partial charge on any atom is -0.493 e. The zero-order valence-corrected chi connectivity index (χ0v) is 17.9. The molecule has 0 radical (unpaired) electrons. The normalized spacial score (nSPS) is 11.2. The van der Waals surface area contributed by atoms with Crippen molar-refractivity contribution < 1.29 is 9.15 Å². The van der Waals surface area contributed by atoms with E-state index in [4.69, 9.17) is 9.15 Å². The Hall–Kier alpha value is -4.13. The summed E-state index contributed by atoms with van der Waals surface area (Å²) in [5, 5.41) is 4.54. The lowest BCUT2D eigenvalue weighted by Gasteiger charge is -2.06. The number of hydrogen-bond acceptors (Lipinski definition) is 5. The Labute approximate surface area is 184 Å². The second kappa shape index (κ2) is 8.19. The van der Waals surface area contributed by atoms with E-state index in [1.807, 2.05) is 74.5 Å². The average molecular weight is 426 g/mol. The molecule has 7 nitrogen and oxygen atoms in total. The number of benzene rings is 2. The highest BCUT2D eigenvalue weighted by Gasteiger charge is 2.17. The summed E-state index contributed by atoms with van der Waals surface area (Å²) >= 11 is 0. The minimum atomic E-state index is -0.138. The van der Waals surface area contributed by atoms with E-state index < -0.39 is 0 Å². The molecule has 0 saturated carbocycles. The highest BCUT2D eigenvalue weighted by atomic mass is 16.5. The molecule has 0 aliphatic rings. The summed E-state index contributed by atoms with van der Waals surface area (Å²) in [6.07, 6.45) is 3.50. The van der Waals surface area contributed by atoms with Gasteiger partial charge in [-0.25, -0.2) is 9.50 Å². The van der Waals surface area contributed by atoms with Gasteiger partial charge in [-0.15, -0.1) is 0 Å². The van der Waals surface area contributed by atoms with Gasteiger partial charge in [0.05, 0.1) is 24.4 Å². The second-order valence-electron chi connectivity index (χ2n) is 7.41. The van der Waals surface area contributed by atoms with E-state index in [0.29, 0.717) is 41.8 Å². The molecule has 0 spiro atoms. The van der Waals surface area contributed by atoms with Gasteiger partial charge in [0, 0.05) is 18.0 Å². The Morgan fingerprint density at radius 1 is 1.03 bits per heavy atom. The molecule has 0 aliphatic heterocycles. The highest BCUT2D eigenvalue weighted by Crippen LogP contribution is 2.30. The third-order valence-corrected chi connectivity index (χ3v) is 5.30. The van der Waals surface area contributed by atoms with Crippen LogP contribution in [0.2, 0.25) is 0 Å². The minimum absolute atomic E-state index is 0.138. The lowest BCUT2D eigenvalue weighted by atomic mass is 10.1. The number of para-hydroxylation sites is 1. The van der Waals surface area contributed by atoms with E-state index >= 15 is 0 Å². The fourth-order valence-corrected chi connectivity index (χ4v) is 3.68. The molecule has 0 N–H and O–H groups in total. The average Bonchev–Trinajstić information content (AvgIpc) is 3.41. The first-order chi connectivity index (χ1) is 15.6. The zero-order valence-electron chi connectivity index (χ0n) is 17.9. The molecule has 3 aromatic heterocycles. The van der Waals surface area contributed by atoms with E-state index in [2.05, 4.69) is 10.1 Å². The van der Waals surface area contributed by atoms with Gasteiger partial charge in [0.15, 0.2) is 0 Å². The third-order valence-electron chi connectivity index (χ3n) is 5.30. The maximum absolute atomic E-state index is 13.1. The van der Waals surface area contributed by atoms with Gasteiger partial charge in [0.2, 0.25) is 5.89 Å². The summed E-state index contributed by atoms with van der Waals surface area (Å²) in [4.78, 5) is 17.8. The number of oxazole rings is 1. The number of nitrogens with zero attached hydrogens (tertiary/aromatic N) is 4. The third kappa shape index (κ3) is 3.58. The molecule has 0 amide bonds. The van der Waals surface area contributed by atoms with Crippen molar-refractivity contribution in [2.24, 2.45) is 0 Å². The smallest absolute Gasteiger partial charge is 0.276 e. The first-order valence-corrected chi connectivity index (χ1v) is 10.5. The molecule has 7 heteroatoms. The van der Waals surface area contributed by atoms with Gasteiger partial charge in [-0.05, 0) is 32.0 Å². The van der Waals surface area contributed by atoms with Gasteiger partial charge < -0.3 is 13.7 Å². The molecule has 0 fully saturated rings. The summed E-state index contributed by atoms with van der Waals surface area (Å²) in [5.74, 6) is 1.86. The fourth-order valence-electron chi connectivity index (χ4n) is 3.68. The Morgan fingerprint density at radius 2 is 1.81 bits per heavy atom. The van der Waals surface area contributed by atoms with Gasteiger partial charge in [-0.2, -0.15) is 5.10 Å². The molecule has 3 heterocycles. The lowest BCUT2D eigenvalue weighted by Crippen LogP contribution is -2.22. The van der Waals surface area contributed by atoms with E-state index in [0.717, 1.165) is 16.8 Å². The van der Waals surface area contributed by atoms with E-state index in [1.165, 1.54) is 0 Å². The number of rotatable bonds is 6. The summed E-state index contributed by atoms with van der Waals surface area (Å²) in [5.41, 5.74) is 3.57. The van der Waals surface area contributed by atoms with Crippen molar-refractivity contribution in [1.82, 2.24) is 19.2 Å². The van der Waals surface area contributed by atoms with Crippen molar-refractivity contribution in [3.05, 3.63) is 94.9 Å². The van der Waals surface area contributed by atoms with Crippen molar-refractivity contribution in [2.75, 3.05) is 6.61 Å². The van der Waals surface area contributed by atoms with Crippen molar-refractivity contribution in [1.29, 1.82) is 0 Å². The molecule has 0 aliphatic carbocycles. The SMILES string of the molecule is CCOc1ccccc1-c1nc(Cn2ccn3nc(-c4ccccc4)cc3c2=O)c(C)o1. The molecule has 0 unspecified atom stereocenters. The largest absolute Gasteiger partial charge is 0.493 e. The maximum atomic E-state index is 13.1. The van der Waals surface area contributed by atoms with Crippen LogP contribution in [0.25, 0.3) is 28.2 Å². The molecule has 0 bridgehead atoms. The van der Waals surface area contributed by atoms with Crippen LogP contribution in [0.5, 0.6) is 5.75 Å². The first kappa shape index (κ1) is 19.8. The van der Waals surface area contributed by atoms with Crippen molar-refractivity contribution in [3.8, 4) is 28.5 Å². The van der Waals surface area contributed by atoms with Crippen molar-refractivity contribution in [3.63, 3.8) is 0 Å². The molecule has 5 rings (SSSR count). The quantitative estimate of drug-likeness (QED) is 0.398. The Kier molecular flexibility index (Phi) is 5.07. The topological polar surface area (TPSA) is 74.6 Å². The van der Waals surface area contributed by atoms with Crippen molar-refractivity contribution >= 4 is 5.52 Å². The molecule has 2 aromatic carbocycles. The lowest BCUT2D eigenvalue weighted by molar-refractivity contribution is 0.340. The summed E-state index contributed by atoms with van der Waals surface area (Å²) < 4.78 is 14.9. The summed E-state index contributed by atoms with van der Waals surface area (Å²) in [7, 11) is 0. The van der Waals surface area contributed by atoms with Gasteiger partial charge in [-0.3, -0.25) is 4.79 Å². The van der Waals surface area contributed by atoms with Crippen LogP contribution >= 0.6 is 0 Å². The van der Waals surface area contributed by atoms with Crippen LogP contribution in [-0.2, 0) is 6.54 Å². The highest BCUT2D eigenvalue weighted by molar-refractivity contribution is 5.65. The monoisotopic (exact) mass is 426 g/mol. The predicted octanol–water partition coefficient (Wildman–Crippen LogP) is 4.57. The van der Waals surface area contributed by atoms with E-state index in [1.54, 1.807) is 21.5 Å². The van der Waals surface area contributed by atoms with E-state index in [-0.39, 0.29) is 5.56 Å². The van der Waals surface area contributed by atoms with Crippen LogP contribution in [0.15, 0.2) is 82.3 Å². The van der Waals surface area contributed by atoms with Crippen molar-refractivity contribution in [2.45, 2.75) is 20.4 Å². The molecular weight excluding hydrogens is 404 g/mol. The summed E-state index contributed by atoms with van der Waals surface area (Å²) in [6, 6.07) is 19.2. The van der Waals surface area contributed by atoms with Crippen LogP contribution in [-0.4, -0.2) is 25.8 Å². The maximum Gasteiger partial charge on any atom is 0.276 e. The van der Waals surface area contributed by atoms with Crippen LogP contribution in [0.1, 0.15) is 18.4 Å². The number of aromatic nitrogens is 4. The van der Waals surface area contributed by atoms with Gasteiger partial charge in [0.25, 0.3) is 5.56 Å². The first-order valence-electron chi connectivity index (χ1n) is 10.5. The predicted molar refractivity (Wildman–Crippen MR) is 122 cm³/mol. The van der Waals surface area contributed by atoms with Gasteiger partial charge in [-0.1, -0.05) is 42.5 Å². The van der Waals surface area contributed by atoms with Crippen LogP contribution in [0.4, 0.5) is 0 Å². The molecule has 0 saturated heterocycles. The number of hydrogen-bond donors (Lipinski definition) is 0. The van der Waals surface area contributed by atoms with E-state index in [9.17, 15) is 4.79 Å². The van der Waals surface area contributed by atoms with Crippen LogP contribution in [0, 0.1) is 6.92 Å². The molecule has 32 heavy (non-hydrogen) atoms. The number of ether oxygens (including phenoxy) is 1. The summed E-state index contributed by atoms with van der Waals surface area (Å²) in [6.45, 7) is 4.64. The number of aryl methyl sites for hydroxylation is 1. The Morgan fingerprint density at radius 3 is 2.62 bits per heavy atom. The standard InChI is InChI=1S/C25H22N4O3/c1-3-31-23-12-8-7-11-19(23)24-26-21(17(2)32-24)16-28-13-14-29-22(25(28)30)15-20(27-29)18-9-5-4-6-10-18/h4-15H,3,16H2,1-2H3. The number of fused-ring (bicyclic) bond motifs is 1.